The van der Waals surface area contributed by atoms with Crippen molar-refractivity contribution in [1.82, 2.24) is 5.32 Å². The maximum absolute atomic E-state index is 6.41. The quantitative estimate of drug-likeness (QED) is 0.518. The van der Waals surface area contributed by atoms with Gasteiger partial charge in [0.15, 0.2) is 0 Å². The van der Waals surface area contributed by atoms with Gasteiger partial charge in [0.25, 0.3) is 0 Å². The first-order valence-electron chi connectivity index (χ1n) is 11.0. The van der Waals surface area contributed by atoms with E-state index in [1.165, 1.54) is 11.1 Å². The Kier molecular flexibility index (Phi) is 7.86. The Labute approximate surface area is 185 Å². The molecule has 4 atom stereocenters. The van der Waals surface area contributed by atoms with E-state index in [1.54, 1.807) is 0 Å². The van der Waals surface area contributed by atoms with Gasteiger partial charge in [-0.15, -0.1) is 0 Å². The summed E-state index contributed by atoms with van der Waals surface area (Å²) in [7, 11) is 0. The third-order valence-corrected chi connectivity index (χ3v) is 5.67. The van der Waals surface area contributed by atoms with Crippen LogP contribution < -0.4 is 5.32 Å². The van der Waals surface area contributed by atoms with Gasteiger partial charge in [0, 0.05) is 6.04 Å². The van der Waals surface area contributed by atoms with Crippen molar-refractivity contribution in [2.24, 2.45) is 0 Å². The van der Waals surface area contributed by atoms with Crippen LogP contribution in [-0.2, 0) is 34.0 Å². The van der Waals surface area contributed by atoms with Crippen molar-refractivity contribution < 1.29 is 14.2 Å². The summed E-state index contributed by atoms with van der Waals surface area (Å²) in [4.78, 5) is 0. The van der Waals surface area contributed by atoms with Gasteiger partial charge in [-0.25, -0.2) is 0 Å². The van der Waals surface area contributed by atoms with Crippen molar-refractivity contribution in [3.05, 3.63) is 108 Å². The van der Waals surface area contributed by atoms with Crippen LogP contribution >= 0.6 is 0 Å². The highest BCUT2D eigenvalue weighted by molar-refractivity contribution is 5.15. The van der Waals surface area contributed by atoms with Crippen LogP contribution in [0.1, 0.15) is 23.6 Å². The predicted octanol–water partition coefficient (Wildman–Crippen LogP) is 4.73. The lowest BCUT2D eigenvalue weighted by molar-refractivity contribution is -0.0846. The normalized spacial score (nSPS) is 23.1. The smallest absolute Gasteiger partial charge is 0.103 e. The topological polar surface area (TPSA) is 39.7 Å². The van der Waals surface area contributed by atoms with Gasteiger partial charge in [0.05, 0.1) is 32.5 Å². The maximum Gasteiger partial charge on any atom is 0.103 e. The highest BCUT2D eigenvalue weighted by Gasteiger charge is 2.42. The van der Waals surface area contributed by atoms with Gasteiger partial charge in [0.2, 0.25) is 0 Å². The van der Waals surface area contributed by atoms with E-state index in [0.717, 1.165) is 5.56 Å². The SMILES string of the molecule is C[C@H]1N[C@H](COCc2ccccc2)[C@@H](OCc2ccccc2)[C@@H]1OCc1ccccc1. The Morgan fingerprint density at radius 2 is 1.06 bits per heavy atom. The molecule has 1 saturated heterocycles. The molecule has 4 heteroatoms. The molecular formula is C27H31NO3. The minimum Gasteiger partial charge on any atom is -0.375 e. The lowest BCUT2D eigenvalue weighted by Crippen LogP contribution is -2.39. The van der Waals surface area contributed by atoms with Gasteiger partial charge in [-0.1, -0.05) is 91.0 Å². The number of rotatable bonds is 10. The molecule has 0 aromatic heterocycles. The van der Waals surface area contributed by atoms with Crippen LogP contribution in [-0.4, -0.2) is 30.9 Å². The fraction of sp³-hybridized carbons (Fsp3) is 0.333. The van der Waals surface area contributed by atoms with Crippen molar-refractivity contribution in [3.8, 4) is 0 Å². The van der Waals surface area contributed by atoms with Gasteiger partial charge in [-0.2, -0.15) is 0 Å². The Morgan fingerprint density at radius 1 is 0.613 bits per heavy atom. The van der Waals surface area contributed by atoms with E-state index in [1.807, 2.05) is 54.6 Å². The van der Waals surface area contributed by atoms with Gasteiger partial charge in [0.1, 0.15) is 12.2 Å². The van der Waals surface area contributed by atoms with Crippen molar-refractivity contribution in [2.75, 3.05) is 6.61 Å². The van der Waals surface area contributed by atoms with Gasteiger partial charge >= 0.3 is 0 Å². The molecular weight excluding hydrogens is 386 g/mol. The van der Waals surface area contributed by atoms with E-state index in [0.29, 0.717) is 26.4 Å². The summed E-state index contributed by atoms with van der Waals surface area (Å²) in [5, 5.41) is 3.64. The zero-order valence-electron chi connectivity index (χ0n) is 18.0. The Balaban J connectivity index is 1.39. The zero-order chi connectivity index (χ0) is 21.3. The fourth-order valence-corrected chi connectivity index (χ4v) is 4.05. The molecule has 3 aromatic rings. The summed E-state index contributed by atoms with van der Waals surface area (Å²) in [6, 6.07) is 31.1. The van der Waals surface area contributed by atoms with Crippen molar-refractivity contribution in [2.45, 2.75) is 51.0 Å². The molecule has 0 saturated carbocycles. The van der Waals surface area contributed by atoms with E-state index in [4.69, 9.17) is 14.2 Å². The van der Waals surface area contributed by atoms with Crippen LogP contribution in [0.4, 0.5) is 0 Å². The van der Waals surface area contributed by atoms with E-state index in [9.17, 15) is 0 Å². The number of nitrogens with one attached hydrogen (secondary N) is 1. The van der Waals surface area contributed by atoms with Crippen molar-refractivity contribution in [1.29, 1.82) is 0 Å². The molecule has 3 aromatic carbocycles. The van der Waals surface area contributed by atoms with E-state index in [-0.39, 0.29) is 24.3 Å². The Morgan fingerprint density at radius 3 is 1.58 bits per heavy atom. The molecule has 0 aliphatic carbocycles. The third-order valence-electron chi connectivity index (χ3n) is 5.67. The minimum absolute atomic E-state index is 0.0470. The number of ether oxygens (including phenoxy) is 3. The van der Waals surface area contributed by atoms with Crippen molar-refractivity contribution >= 4 is 0 Å². The maximum atomic E-state index is 6.41. The third kappa shape index (κ3) is 6.25. The van der Waals surface area contributed by atoms with Crippen LogP contribution in [0.25, 0.3) is 0 Å². The molecule has 0 spiro atoms. The Bertz CT molecular complexity index is 888. The molecule has 31 heavy (non-hydrogen) atoms. The monoisotopic (exact) mass is 417 g/mol. The molecule has 1 N–H and O–H groups in total. The molecule has 1 aliphatic rings. The van der Waals surface area contributed by atoms with Gasteiger partial charge in [-0.3, -0.25) is 0 Å². The molecule has 1 aliphatic heterocycles. The van der Waals surface area contributed by atoms with Crippen LogP contribution in [0.5, 0.6) is 0 Å². The highest BCUT2D eigenvalue weighted by atomic mass is 16.5. The molecule has 0 radical (unpaired) electrons. The number of benzene rings is 3. The minimum atomic E-state index is -0.0882. The summed E-state index contributed by atoms with van der Waals surface area (Å²) < 4.78 is 18.8. The second kappa shape index (κ2) is 11.2. The molecule has 162 valence electrons. The largest absolute Gasteiger partial charge is 0.375 e. The first-order chi connectivity index (χ1) is 15.3. The summed E-state index contributed by atoms with van der Waals surface area (Å²) in [5.74, 6) is 0. The highest BCUT2D eigenvalue weighted by Crippen LogP contribution is 2.24. The van der Waals surface area contributed by atoms with Gasteiger partial charge < -0.3 is 19.5 Å². The lowest BCUT2D eigenvalue weighted by atomic mass is 10.1. The van der Waals surface area contributed by atoms with Gasteiger partial charge in [-0.05, 0) is 23.6 Å². The van der Waals surface area contributed by atoms with E-state index >= 15 is 0 Å². The lowest BCUT2D eigenvalue weighted by Gasteiger charge is -2.25. The van der Waals surface area contributed by atoms with Crippen LogP contribution in [0, 0.1) is 0 Å². The second-order valence-electron chi connectivity index (χ2n) is 8.08. The molecule has 0 amide bonds. The number of hydrogen-bond acceptors (Lipinski definition) is 4. The van der Waals surface area contributed by atoms with Crippen molar-refractivity contribution in [3.63, 3.8) is 0 Å². The summed E-state index contributed by atoms with van der Waals surface area (Å²) in [5.41, 5.74) is 3.50. The molecule has 0 unspecified atom stereocenters. The fourth-order valence-electron chi connectivity index (χ4n) is 4.05. The molecule has 4 nitrogen and oxygen atoms in total. The number of hydrogen-bond donors (Lipinski definition) is 1. The standard InChI is InChI=1S/C27H31NO3/c1-21-26(30-18-23-13-7-3-8-14-23)27(31-19-24-15-9-4-10-16-24)25(28-21)20-29-17-22-11-5-2-6-12-22/h2-16,21,25-28H,17-20H2,1H3/t21-,25-,26-,27-/m1/s1. The first-order valence-corrected chi connectivity index (χ1v) is 11.0. The van der Waals surface area contributed by atoms with Crippen LogP contribution in [0.2, 0.25) is 0 Å². The molecule has 4 rings (SSSR count). The Hall–Kier alpha value is -2.50. The average Bonchev–Trinajstić information content (AvgIpc) is 3.12. The summed E-state index contributed by atoms with van der Waals surface area (Å²) in [6.07, 6.45) is -0.135. The van der Waals surface area contributed by atoms with E-state index in [2.05, 4.69) is 48.6 Å². The summed E-state index contributed by atoms with van der Waals surface area (Å²) in [6.45, 7) is 4.45. The van der Waals surface area contributed by atoms with Crippen LogP contribution in [0.3, 0.4) is 0 Å². The average molecular weight is 418 g/mol. The first kappa shape index (κ1) is 21.7. The zero-order valence-corrected chi connectivity index (χ0v) is 18.0. The summed E-state index contributed by atoms with van der Waals surface area (Å²) >= 11 is 0. The second-order valence-corrected chi connectivity index (χ2v) is 8.08. The predicted molar refractivity (Wildman–Crippen MR) is 123 cm³/mol. The molecule has 1 heterocycles. The van der Waals surface area contributed by atoms with Crippen LogP contribution in [0.15, 0.2) is 91.0 Å². The molecule has 1 fully saturated rings. The molecule has 0 bridgehead atoms. The van der Waals surface area contributed by atoms with E-state index < -0.39 is 0 Å².